The van der Waals surface area contributed by atoms with E-state index in [0.29, 0.717) is 18.3 Å². The van der Waals surface area contributed by atoms with Gasteiger partial charge in [0.05, 0.1) is 0 Å². The van der Waals surface area contributed by atoms with Crippen molar-refractivity contribution >= 4 is 5.82 Å². The number of hydrogen-bond donors (Lipinski definition) is 3. The van der Waals surface area contributed by atoms with Crippen molar-refractivity contribution < 1.29 is 0 Å². The largest absolute Gasteiger partial charge is 0.362 e. The highest BCUT2D eigenvalue weighted by molar-refractivity contribution is 5.32. The maximum absolute atomic E-state index is 11.5. The van der Waals surface area contributed by atoms with E-state index in [2.05, 4.69) is 15.3 Å². The summed E-state index contributed by atoms with van der Waals surface area (Å²) in [6.07, 6.45) is 7.76. The van der Waals surface area contributed by atoms with Gasteiger partial charge in [-0.05, 0) is 25.3 Å². The number of nitrogens with zero attached hydrogens (tertiary/aromatic N) is 1. The minimum absolute atomic E-state index is 0.163. The molecule has 5 nitrogen and oxygen atoms in total. The van der Waals surface area contributed by atoms with Gasteiger partial charge in [-0.15, -0.1) is 0 Å². The van der Waals surface area contributed by atoms with Gasteiger partial charge in [0.15, 0.2) is 5.82 Å². The van der Waals surface area contributed by atoms with Crippen molar-refractivity contribution in [1.29, 1.82) is 0 Å². The minimum atomic E-state index is -0.163. The Balaban J connectivity index is 2.08. The zero-order valence-electron chi connectivity index (χ0n) is 9.28. The highest BCUT2D eigenvalue weighted by Crippen LogP contribution is 2.25. The zero-order valence-corrected chi connectivity index (χ0v) is 9.28. The highest BCUT2D eigenvalue weighted by atomic mass is 16.1. The van der Waals surface area contributed by atoms with Crippen LogP contribution in [0.25, 0.3) is 0 Å². The molecule has 2 rings (SSSR count). The second-order valence-corrected chi connectivity index (χ2v) is 4.30. The summed E-state index contributed by atoms with van der Waals surface area (Å²) in [6.45, 7) is 0.669. The molecule has 1 aliphatic rings. The number of rotatable bonds is 3. The molecule has 1 fully saturated rings. The molecule has 5 heteroatoms. The van der Waals surface area contributed by atoms with E-state index >= 15 is 0 Å². The molecule has 0 aromatic carbocycles. The van der Waals surface area contributed by atoms with Crippen LogP contribution < -0.4 is 16.6 Å². The molecule has 1 aliphatic carbocycles. The normalized spacial score (nSPS) is 25.3. The van der Waals surface area contributed by atoms with E-state index < -0.39 is 0 Å². The molecule has 1 aromatic heterocycles. The SMILES string of the molecule is NCC1CCCCC1Nc1ncc[nH]c1=O. The van der Waals surface area contributed by atoms with E-state index in [1.165, 1.54) is 19.0 Å². The number of aromatic nitrogens is 2. The minimum Gasteiger partial charge on any atom is -0.362 e. The third-order valence-electron chi connectivity index (χ3n) is 3.24. The second-order valence-electron chi connectivity index (χ2n) is 4.30. The molecule has 2 unspecified atom stereocenters. The smallest absolute Gasteiger partial charge is 0.290 e. The van der Waals surface area contributed by atoms with Crippen molar-refractivity contribution in [3.8, 4) is 0 Å². The van der Waals surface area contributed by atoms with Crippen molar-refractivity contribution in [2.45, 2.75) is 31.7 Å². The van der Waals surface area contributed by atoms with Gasteiger partial charge in [-0.3, -0.25) is 4.79 Å². The highest BCUT2D eigenvalue weighted by Gasteiger charge is 2.24. The van der Waals surface area contributed by atoms with Crippen molar-refractivity contribution in [2.24, 2.45) is 11.7 Å². The molecular weight excluding hydrogens is 204 g/mol. The first-order valence-electron chi connectivity index (χ1n) is 5.81. The Kier molecular flexibility index (Phi) is 3.56. The lowest BCUT2D eigenvalue weighted by molar-refractivity contribution is 0.332. The molecular formula is C11H18N4O. The fraction of sp³-hybridized carbons (Fsp3) is 0.636. The topological polar surface area (TPSA) is 83.8 Å². The fourth-order valence-electron chi connectivity index (χ4n) is 2.31. The molecule has 16 heavy (non-hydrogen) atoms. The van der Waals surface area contributed by atoms with Crippen LogP contribution in [-0.2, 0) is 0 Å². The first-order valence-corrected chi connectivity index (χ1v) is 5.81. The number of nitrogens with two attached hydrogens (primary N) is 1. The molecule has 2 atom stereocenters. The van der Waals surface area contributed by atoms with Gasteiger partial charge >= 0.3 is 0 Å². The summed E-state index contributed by atoms with van der Waals surface area (Å²) in [6, 6.07) is 0.287. The summed E-state index contributed by atoms with van der Waals surface area (Å²) in [5, 5.41) is 3.22. The molecule has 0 spiro atoms. The maximum atomic E-state index is 11.5. The van der Waals surface area contributed by atoms with Crippen LogP contribution in [0.4, 0.5) is 5.82 Å². The van der Waals surface area contributed by atoms with E-state index in [1.54, 1.807) is 6.20 Å². The van der Waals surface area contributed by atoms with Crippen LogP contribution in [0.3, 0.4) is 0 Å². The number of nitrogens with one attached hydrogen (secondary N) is 2. The Morgan fingerprint density at radius 2 is 2.31 bits per heavy atom. The summed E-state index contributed by atoms with van der Waals surface area (Å²) in [7, 11) is 0. The summed E-state index contributed by atoms with van der Waals surface area (Å²) in [4.78, 5) is 18.1. The van der Waals surface area contributed by atoms with Gasteiger partial charge in [-0.1, -0.05) is 12.8 Å². The van der Waals surface area contributed by atoms with E-state index in [9.17, 15) is 4.79 Å². The van der Waals surface area contributed by atoms with Gasteiger partial charge in [-0.25, -0.2) is 4.98 Å². The number of aromatic amines is 1. The van der Waals surface area contributed by atoms with Gasteiger partial charge in [0.2, 0.25) is 0 Å². The zero-order chi connectivity index (χ0) is 11.4. The van der Waals surface area contributed by atoms with Gasteiger partial charge < -0.3 is 16.0 Å². The number of anilines is 1. The standard InChI is InChI=1S/C11H18N4O/c12-7-8-3-1-2-4-9(8)15-10-11(16)14-6-5-13-10/h5-6,8-9H,1-4,7,12H2,(H,13,15)(H,14,16). The van der Waals surface area contributed by atoms with E-state index in [4.69, 9.17) is 5.73 Å². The molecule has 1 saturated carbocycles. The Bertz CT molecular complexity index is 390. The third kappa shape index (κ3) is 2.41. The van der Waals surface area contributed by atoms with E-state index in [1.807, 2.05) is 0 Å². The van der Waals surface area contributed by atoms with Gasteiger partial charge in [-0.2, -0.15) is 0 Å². The third-order valence-corrected chi connectivity index (χ3v) is 3.24. The quantitative estimate of drug-likeness (QED) is 0.703. The average Bonchev–Trinajstić information content (AvgIpc) is 2.33. The summed E-state index contributed by atoms with van der Waals surface area (Å²) in [5.41, 5.74) is 5.58. The summed E-state index contributed by atoms with van der Waals surface area (Å²) in [5.74, 6) is 0.864. The molecule has 0 amide bonds. The predicted octanol–water partition coefficient (Wildman–Crippen LogP) is 0.699. The van der Waals surface area contributed by atoms with Crippen LogP contribution in [0.1, 0.15) is 25.7 Å². The van der Waals surface area contributed by atoms with Crippen molar-refractivity contribution in [3.63, 3.8) is 0 Å². The average molecular weight is 222 g/mol. The lowest BCUT2D eigenvalue weighted by Crippen LogP contribution is -2.38. The van der Waals surface area contributed by atoms with Crippen molar-refractivity contribution in [3.05, 3.63) is 22.7 Å². The molecule has 88 valence electrons. The van der Waals surface area contributed by atoms with E-state index in [-0.39, 0.29) is 11.6 Å². The summed E-state index contributed by atoms with van der Waals surface area (Å²) >= 11 is 0. The Morgan fingerprint density at radius 1 is 1.50 bits per heavy atom. The van der Waals surface area contributed by atoms with E-state index in [0.717, 1.165) is 12.8 Å². The lowest BCUT2D eigenvalue weighted by Gasteiger charge is -2.31. The Morgan fingerprint density at radius 3 is 3.06 bits per heavy atom. The molecule has 1 heterocycles. The molecule has 0 saturated heterocycles. The monoisotopic (exact) mass is 222 g/mol. The molecule has 0 bridgehead atoms. The first-order chi connectivity index (χ1) is 7.81. The summed E-state index contributed by atoms with van der Waals surface area (Å²) < 4.78 is 0. The first kappa shape index (κ1) is 11.1. The van der Waals surface area contributed by atoms with Crippen molar-refractivity contribution in [1.82, 2.24) is 9.97 Å². The van der Waals surface area contributed by atoms with Crippen LogP contribution >= 0.6 is 0 Å². The molecule has 4 N–H and O–H groups in total. The molecule has 0 aliphatic heterocycles. The van der Waals surface area contributed by atoms with Crippen LogP contribution in [-0.4, -0.2) is 22.6 Å². The maximum Gasteiger partial charge on any atom is 0.290 e. The van der Waals surface area contributed by atoms with Crippen LogP contribution in [0, 0.1) is 5.92 Å². The van der Waals surface area contributed by atoms with Gasteiger partial charge in [0, 0.05) is 18.4 Å². The fourth-order valence-corrected chi connectivity index (χ4v) is 2.31. The second kappa shape index (κ2) is 5.12. The van der Waals surface area contributed by atoms with Crippen molar-refractivity contribution in [2.75, 3.05) is 11.9 Å². The lowest BCUT2D eigenvalue weighted by atomic mass is 9.84. The molecule has 0 radical (unpaired) electrons. The van der Waals surface area contributed by atoms with Crippen LogP contribution in [0.2, 0.25) is 0 Å². The van der Waals surface area contributed by atoms with Gasteiger partial charge in [0.1, 0.15) is 0 Å². The van der Waals surface area contributed by atoms with Gasteiger partial charge in [0.25, 0.3) is 5.56 Å². The molecule has 1 aromatic rings. The van der Waals surface area contributed by atoms with Crippen LogP contribution in [0.5, 0.6) is 0 Å². The predicted molar refractivity (Wildman–Crippen MR) is 63.3 cm³/mol. The Hall–Kier alpha value is -1.36. The number of H-pyrrole nitrogens is 1. The van der Waals surface area contributed by atoms with Crippen LogP contribution in [0.15, 0.2) is 17.2 Å². The Labute approximate surface area is 94.5 Å². The number of hydrogen-bond acceptors (Lipinski definition) is 4.